The average Bonchev–Trinajstić information content (AvgIpc) is 2.62. The highest BCUT2D eigenvalue weighted by molar-refractivity contribution is 5.95. The molecule has 23 heavy (non-hydrogen) atoms. The Labute approximate surface area is 137 Å². The molecule has 0 heterocycles. The fraction of sp³-hybridized carbons (Fsp3) is 0.200. The van der Waals surface area contributed by atoms with Crippen molar-refractivity contribution < 1.29 is 9.59 Å². The zero-order valence-corrected chi connectivity index (χ0v) is 13.1. The summed E-state index contributed by atoms with van der Waals surface area (Å²) in [5.41, 5.74) is 2.48. The first kappa shape index (κ1) is 16.7. The minimum atomic E-state index is -0.190. The smallest absolute Gasteiger partial charge is 0.251 e. The molecule has 2 aromatic rings. The van der Waals surface area contributed by atoms with Crippen molar-refractivity contribution in [2.45, 2.75) is 25.3 Å². The maximum Gasteiger partial charge on any atom is 0.251 e. The molecule has 0 aliphatic rings. The van der Waals surface area contributed by atoms with E-state index in [4.69, 9.17) is 0 Å². The van der Waals surface area contributed by atoms with Gasteiger partial charge in [-0.05, 0) is 36.1 Å². The van der Waals surface area contributed by atoms with Crippen LogP contribution >= 0.6 is 0 Å². The standard InChI is InChI=1S/C20H21NO2/c1-16(17-10-4-2-5-11-17)19(14-8-9-15-22)21-20(23)18-12-6-3-7-13-18/h2-7,10-13,15,19H,1,8-9,14H2,(H,21,23). The predicted octanol–water partition coefficient (Wildman–Crippen LogP) is 3.87. The molecule has 1 atom stereocenters. The van der Waals surface area contributed by atoms with Crippen molar-refractivity contribution in [3.8, 4) is 0 Å². The normalized spacial score (nSPS) is 11.5. The minimum Gasteiger partial charge on any atom is -0.345 e. The van der Waals surface area contributed by atoms with E-state index in [1.165, 1.54) is 0 Å². The maximum atomic E-state index is 12.4. The first-order chi connectivity index (χ1) is 11.2. The lowest BCUT2D eigenvalue weighted by Crippen LogP contribution is -2.35. The van der Waals surface area contributed by atoms with E-state index in [9.17, 15) is 9.59 Å². The number of hydrogen-bond acceptors (Lipinski definition) is 2. The summed E-state index contributed by atoms with van der Waals surface area (Å²) in [4.78, 5) is 23.0. The van der Waals surface area contributed by atoms with E-state index in [0.717, 1.165) is 23.8 Å². The molecule has 0 aliphatic carbocycles. The lowest BCUT2D eigenvalue weighted by molar-refractivity contribution is -0.107. The van der Waals surface area contributed by atoms with Crippen molar-refractivity contribution in [1.82, 2.24) is 5.32 Å². The van der Waals surface area contributed by atoms with Gasteiger partial charge in [0.05, 0.1) is 6.04 Å². The van der Waals surface area contributed by atoms with Crippen molar-refractivity contribution in [2.75, 3.05) is 0 Å². The Morgan fingerprint density at radius 1 is 1.00 bits per heavy atom. The van der Waals surface area contributed by atoms with Crippen LogP contribution in [0.15, 0.2) is 67.2 Å². The molecule has 0 fully saturated rings. The van der Waals surface area contributed by atoms with E-state index in [1.807, 2.05) is 48.5 Å². The highest BCUT2D eigenvalue weighted by atomic mass is 16.1. The van der Waals surface area contributed by atoms with Gasteiger partial charge in [-0.2, -0.15) is 0 Å². The minimum absolute atomic E-state index is 0.126. The molecule has 3 heteroatoms. The van der Waals surface area contributed by atoms with E-state index in [2.05, 4.69) is 11.9 Å². The van der Waals surface area contributed by atoms with Crippen LogP contribution < -0.4 is 5.32 Å². The molecule has 1 unspecified atom stereocenters. The lowest BCUT2D eigenvalue weighted by atomic mass is 9.95. The molecule has 0 saturated carbocycles. The Hall–Kier alpha value is -2.68. The van der Waals surface area contributed by atoms with Gasteiger partial charge in [0.2, 0.25) is 0 Å². The van der Waals surface area contributed by atoms with Crippen LogP contribution in [0, 0.1) is 0 Å². The number of carbonyl (C=O) groups is 2. The van der Waals surface area contributed by atoms with Crippen LogP contribution in [0.4, 0.5) is 0 Å². The zero-order valence-electron chi connectivity index (χ0n) is 13.1. The fourth-order valence-electron chi connectivity index (χ4n) is 2.42. The number of nitrogens with one attached hydrogen (secondary N) is 1. The molecule has 0 radical (unpaired) electrons. The summed E-state index contributed by atoms with van der Waals surface area (Å²) in [6.45, 7) is 4.15. The van der Waals surface area contributed by atoms with Gasteiger partial charge in [-0.3, -0.25) is 4.79 Å². The second-order valence-corrected chi connectivity index (χ2v) is 5.38. The predicted molar refractivity (Wildman–Crippen MR) is 93.1 cm³/mol. The molecule has 1 N–H and O–H groups in total. The highest BCUT2D eigenvalue weighted by Crippen LogP contribution is 2.20. The number of rotatable bonds is 8. The molecule has 0 saturated heterocycles. The Morgan fingerprint density at radius 3 is 2.13 bits per heavy atom. The molecule has 2 aromatic carbocycles. The fourth-order valence-corrected chi connectivity index (χ4v) is 2.42. The van der Waals surface area contributed by atoms with Gasteiger partial charge in [0.25, 0.3) is 5.91 Å². The van der Waals surface area contributed by atoms with Gasteiger partial charge >= 0.3 is 0 Å². The van der Waals surface area contributed by atoms with Gasteiger partial charge in [-0.15, -0.1) is 0 Å². The molecule has 0 bridgehead atoms. The Morgan fingerprint density at radius 2 is 1.57 bits per heavy atom. The van der Waals surface area contributed by atoms with E-state index < -0.39 is 0 Å². The van der Waals surface area contributed by atoms with E-state index in [1.54, 1.807) is 12.1 Å². The van der Waals surface area contributed by atoms with Gasteiger partial charge in [0.15, 0.2) is 0 Å². The summed E-state index contributed by atoms with van der Waals surface area (Å²) < 4.78 is 0. The van der Waals surface area contributed by atoms with E-state index >= 15 is 0 Å². The van der Waals surface area contributed by atoms with E-state index in [0.29, 0.717) is 18.4 Å². The SMILES string of the molecule is C=C(c1ccccc1)C(CCCC=O)NC(=O)c1ccccc1. The second-order valence-electron chi connectivity index (χ2n) is 5.38. The van der Waals surface area contributed by atoms with Gasteiger partial charge < -0.3 is 10.1 Å². The third-order valence-electron chi connectivity index (χ3n) is 3.72. The van der Waals surface area contributed by atoms with Crippen LogP contribution in [0.2, 0.25) is 0 Å². The van der Waals surface area contributed by atoms with Crippen molar-refractivity contribution in [1.29, 1.82) is 0 Å². The summed E-state index contributed by atoms with van der Waals surface area (Å²) in [5, 5.41) is 3.04. The average molecular weight is 307 g/mol. The van der Waals surface area contributed by atoms with Gasteiger partial charge in [-0.1, -0.05) is 55.1 Å². The molecular formula is C20H21NO2. The Balaban J connectivity index is 2.12. The number of benzene rings is 2. The number of amides is 1. The van der Waals surface area contributed by atoms with Crippen LogP contribution in [0.1, 0.15) is 35.2 Å². The van der Waals surface area contributed by atoms with Crippen LogP contribution in [-0.4, -0.2) is 18.2 Å². The third-order valence-corrected chi connectivity index (χ3v) is 3.72. The van der Waals surface area contributed by atoms with Crippen LogP contribution in [0.5, 0.6) is 0 Å². The van der Waals surface area contributed by atoms with Gasteiger partial charge in [-0.25, -0.2) is 0 Å². The van der Waals surface area contributed by atoms with Gasteiger partial charge in [0.1, 0.15) is 6.29 Å². The van der Waals surface area contributed by atoms with Crippen LogP contribution in [-0.2, 0) is 4.79 Å². The number of unbranched alkanes of at least 4 members (excludes halogenated alkanes) is 1. The lowest BCUT2D eigenvalue weighted by Gasteiger charge is -2.21. The van der Waals surface area contributed by atoms with E-state index in [-0.39, 0.29) is 11.9 Å². The zero-order chi connectivity index (χ0) is 16.5. The maximum absolute atomic E-state index is 12.4. The molecular weight excluding hydrogens is 286 g/mol. The molecule has 2 rings (SSSR count). The summed E-state index contributed by atoms with van der Waals surface area (Å²) in [6.07, 6.45) is 2.79. The monoisotopic (exact) mass is 307 g/mol. The first-order valence-corrected chi connectivity index (χ1v) is 7.76. The summed E-state index contributed by atoms with van der Waals surface area (Å²) in [7, 11) is 0. The summed E-state index contributed by atoms with van der Waals surface area (Å²) >= 11 is 0. The number of carbonyl (C=O) groups excluding carboxylic acids is 2. The molecule has 0 aliphatic heterocycles. The van der Waals surface area contributed by atoms with Crippen molar-refractivity contribution in [2.24, 2.45) is 0 Å². The Kier molecular flexibility index (Phi) is 6.30. The van der Waals surface area contributed by atoms with Gasteiger partial charge in [0, 0.05) is 12.0 Å². The summed E-state index contributed by atoms with van der Waals surface area (Å²) in [5.74, 6) is -0.126. The van der Waals surface area contributed by atoms with Crippen LogP contribution in [0.25, 0.3) is 5.57 Å². The summed E-state index contributed by atoms with van der Waals surface area (Å²) in [6, 6.07) is 18.7. The first-order valence-electron chi connectivity index (χ1n) is 7.76. The van der Waals surface area contributed by atoms with Crippen molar-refractivity contribution in [3.63, 3.8) is 0 Å². The highest BCUT2D eigenvalue weighted by Gasteiger charge is 2.17. The largest absolute Gasteiger partial charge is 0.345 e. The molecule has 3 nitrogen and oxygen atoms in total. The van der Waals surface area contributed by atoms with Crippen LogP contribution in [0.3, 0.4) is 0 Å². The van der Waals surface area contributed by atoms with Crippen molar-refractivity contribution in [3.05, 3.63) is 78.4 Å². The second kappa shape index (κ2) is 8.69. The number of hydrogen-bond donors (Lipinski definition) is 1. The third kappa shape index (κ3) is 4.92. The molecule has 0 spiro atoms. The molecule has 1 amide bonds. The van der Waals surface area contributed by atoms with Crippen molar-refractivity contribution >= 4 is 17.8 Å². The molecule has 118 valence electrons. The molecule has 0 aromatic heterocycles. The topological polar surface area (TPSA) is 46.2 Å². The quantitative estimate of drug-likeness (QED) is 0.594. The number of aldehydes is 1. The Bertz CT molecular complexity index is 650.